The first-order valence-electron chi connectivity index (χ1n) is 8.59. The molecular weight excluding hydrogens is 318 g/mol. The fourth-order valence-corrected chi connectivity index (χ4v) is 3.07. The number of aryl methyl sites for hydroxylation is 2. The van der Waals surface area contributed by atoms with Crippen LogP contribution in [0.2, 0.25) is 0 Å². The van der Waals surface area contributed by atoms with Crippen molar-refractivity contribution >= 4 is 11.9 Å². The maximum absolute atomic E-state index is 13.1. The monoisotopic (exact) mass is 341 g/mol. The van der Waals surface area contributed by atoms with E-state index in [0.29, 0.717) is 17.7 Å². The molecule has 1 heterocycles. The third kappa shape index (κ3) is 3.43. The molecule has 25 heavy (non-hydrogen) atoms. The number of rotatable bonds is 6. The highest BCUT2D eigenvalue weighted by Crippen LogP contribution is 2.31. The van der Waals surface area contributed by atoms with Crippen molar-refractivity contribution in [3.05, 3.63) is 52.3 Å². The Bertz CT molecular complexity index is 821. The summed E-state index contributed by atoms with van der Waals surface area (Å²) in [6.45, 7) is 6.97. The Hall–Kier alpha value is -2.63. The minimum Gasteiger partial charge on any atom is -0.478 e. The number of carbonyl (C=O) groups is 2. The molecule has 1 aliphatic carbocycles. The minimum absolute atomic E-state index is 0.105. The lowest BCUT2D eigenvalue weighted by Gasteiger charge is -2.23. The summed E-state index contributed by atoms with van der Waals surface area (Å²) in [6.07, 6.45) is 3.97. The smallest absolute Gasteiger partial charge is 0.335 e. The van der Waals surface area contributed by atoms with Gasteiger partial charge in [-0.15, -0.1) is 0 Å². The number of nitrogens with zero attached hydrogens (tertiary/aromatic N) is 3. The van der Waals surface area contributed by atoms with Crippen LogP contribution in [0.1, 0.15) is 57.3 Å². The van der Waals surface area contributed by atoms with E-state index >= 15 is 0 Å². The van der Waals surface area contributed by atoms with E-state index in [0.717, 1.165) is 30.6 Å². The Labute approximate surface area is 147 Å². The van der Waals surface area contributed by atoms with Crippen molar-refractivity contribution < 1.29 is 14.7 Å². The van der Waals surface area contributed by atoms with Crippen LogP contribution in [0.15, 0.2) is 24.4 Å². The van der Waals surface area contributed by atoms with Crippen LogP contribution in [0.3, 0.4) is 0 Å². The van der Waals surface area contributed by atoms with Crippen molar-refractivity contribution in [3.8, 4) is 0 Å². The van der Waals surface area contributed by atoms with E-state index in [1.54, 1.807) is 19.1 Å². The number of hydrogen-bond acceptors (Lipinski definition) is 3. The van der Waals surface area contributed by atoms with Crippen molar-refractivity contribution in [2.24, 2.45) is 0 Å². The van der Waals surface area contributed by atoms with E-state index in [1.165, 1.54) is 6.07 Å². The molecule has 6 heteroatoms. The number of carboxylic acid groups (broad SMARTS) is 1. The molecule has 1 aliphatic rings. The van der Waals surface area contributed by atoms with Gasteiger partial charge in [-0.1, -0.05) is 6.07 Å². The van der Waals surface area contributed by atoms with E-state index in [4.69, 9.17) is 0 Å². The normalized spacial score (nSPS) is 13.7. The summed E-state index contributed by atoms with van der Waals surface area (Å²) in [6, 6.07) is 5.10. The van der Waals surface area contributed by atoms with Gasteiger partial charge >= 0.3 is 5.97 Å². The zero-order chi connectivity index (χ0) is 18.1. The predicted octanol–water partition coefficient (Wildman–Crippen LogP) is 3.02. The average molecular weight is 341 g/mol. The van der Waals surface area contributed by atoms with Gasteiger partial charge in [0.1, 0.15) is 0 Å². The molecule has 1 amide bonds. The molecule has 6 nitrogen and oxygen atoms in total. The maximum Gasteiger partial charge on any atom is 0.335 e. The van der Waals surface area contributed by atoms with Crippen molar-refractivity contribution in [2.45, 2.75) is 52.7 Å². The van der Waals surface area contributed by atoms with Crippen LogP contribution < -0.4 is 0 Å². The molecule has 0 unspecified atom stereocenters. The van der Waals surface area contributed by atoms with Crippen LogP contribution in [0.4, 0.5) is 0 Å². The summed E-state index contributed by atoms with van der Waals surface area (Å²) in [5.41, 5.74) is 3.13. The summed E-state index contributed by atoms with van der Waals surface area (Å²) >= 11 is 0. The molecule has 0 aliphatic heterocycles. The summed E-state index contributed by atoms with van der Waals surface area (Å²) in [5.74, 6) is -1.11. The van der Waals surface area contributed by atoms with Gasteiger partial charge < -0.3 is 10.0 Å². The van der Waals surface area contributed by atoms with Gasteiger partial charge in [-0.3, -0.25) is 9.48 Å². The number of carbonyl (C=O) groups excluding carboxylic acids is 1. The number of amides is 1. The lowest BCUT2D eigenvalue weighted by molar-refractivity contribution is 0.0696. The molecule has 3 rings (SSSR count). The third-order valence-corrected chi connectivity index (χ3v) is 4.76. The molecule has 0 saturated heterocycles. The van der Waals surface area contributed by atoms with E-state index in [9.17, 15) is 14.7 Å². The van der Waals surface area contributed by atoms with Crippen LogP contribution in [-0.2, 0) is 13.1 Å². The van der Waals surface area contributed by atoms with Crippen LogP contribution >= 0.6 is 0 Å². The Morgan fingerprint density at radius 1 is 1.28 bits per heavy atom. The second-order valence-electron chi connectivity index (χ2n) is 6.54. The fourth-order valence-electron chi connectivity index (χ4n) is 3.07. The molecule has 132 valence electrons. The van der Waals surface area contributed by atoms with Gasteiger partial charge in [-0.25, -0.2) is 4.79 Å². The first kappa shape index (κ1) is 17.2. The molecular formula is C19H23N3O3. The first-order chi connectivity index (χ1) is 11.9. The number of hydrogen-bond donors (Lipinski definition) is 1. The van der Waals surface area contributed by atoms with E-state index in [-0.39, 0.29) is 17.5 Å². The third-order valence-electron chi connectivity index (χ3n) is 4.76. The summed E-state index contributed by atoms with van der Waals surface area (Å²) < 4.78 is 1.87. The van der Waals surface area contributed by atoms with Gasteiger partial charge in [0.05, 0.1) is 11.3 Å². The van der Waals surface area contributed by atoms with Crippen molar-refractivity contribution in [1.29, 1.82) is 0 Å². The maximum atomic E-state index is 13.1. The lowest BCUT2D eigenvalue weighted by Crippen LogP contribution is -2.33. The van der Waals surface area contributed by atoms with Crippen molar-refractivity contribution in [3.63, 3.8) is 0 Å². The topological polar surface area (TPSA) is 75.4 Å². The summed E-state index contributed by atoms with van der Waals surface area (Å²) in [7, 11) is 0. The van der Waals surface area contributed by atoms with Crippen LogP contribution in [0, 0.1) is 13.8 Å². The Kier molecular flexibility index (Phi) is 4.61. The predicted molar refractivity (Wildman–Crippen MR) is 93.7 cm³/mol. The van der Waals surface area contributed by atoms with Gasteiger partial charge in [-0.05, 0) is 51.3 Å². The van der Waals surface area contributed by atoms with Crippen LogP contribution in [-0.4, -0.2) is 37.7 Å². The van der Waals surface area contributed by atoms with Crippen LogP contribution in [0.25, 0.3) is 0 Å². The average Bonchev–Trinajstić information content (AvgIpc) is 3.35. The van der Waals surface area contributed by atoms with Gasteiger partial charge in [0.2, 0.25) is 0 Å². The van der Waals surface area contributed by atoms with E-state index < -0.39 is 5.97 Å². The summed E-state index contributed by atoms with van der Waals surface area (Å²) in [4.78, 5) is 26.3. The number of aromatic carboxylic acids is 1. The molecule has 1 aromatic carbocycles. The Balaban J connectivity index is 1.91. The highest BCUT2D eigenvalue weighted by molar-refractivity contribution is 6.00. The zero-order valence-corrected chi connectivity index (χ0v) is 14.8. The number of carboxylic acids is 1. The Morgan fingerprint density at radius 2 is 1.96 bits per heavy atom. The first-order valence-corrected chi connectivity index (χ1v) is 8.59. The quantitative estimate of drug-likeness (QED) is 0.876. The molecule has 2 aromatic rings. The van der Waals surface area contributed by atoms with Gasteiger partial charge in [0, 0.05) is 36.5 Å². The second kappa shape index (κ2) is 6.70. The number of benzene rings is 1. The molecule has 1 fully saturated rings. The highest BCUT2D eigenvalue weighted by Gasteiger charge is 2.34. The highest BCUT2D eigenvalue weighted by atomic mass is 16.4. The molecule has 1 N–H and O–H groups in total. The lowest BCUT2D eigenvalue weighted by atomic mass is 10.0. The zero-order valence-electron chi connectivity index (χ0n) is 14.8. The second-order valence-corrected chi connectivity index (χ2v) is 6.54. The molecule has 1 aromatic heterocycles. The van der Waals surface area contributed by atoms with Gasteiger partial charge in [-0.2, -0.15) is 5.10 Å². The fraction of sp³-hybridized carbons (Fsp3) is 0.421. The largest absolute Gasteiger partial charge is 0.478 e. The van der Waals surface area contributed by atoms with Crippen molar-refractivity contribution in [2.75, 3.05) is 0 Å². The molecule has 0 bridgehead atoms. The molecule has 0 spiro atoms. The Morgan fingerprint density at radius 3 is 2.52 bits per heavy atom. The molecule has 1 saturated carbocycles. The summed E-state index contributed by atoms with van der Waals surface area (Å²) in [5, 5.41) is 13.7. The number of aromatic nitrogens is 2. The van der Waals surface area contributed by atoms with Gasteiger partial charge in [0.15, 0.2) is 0 Å². The molecule has 0 radical (unpaired) electrons. The minimum atomic E-state index is -1.01. The van der Waals surface area contributed by atoms with E-state index in [2.05, 4.69) is 5.10 Å². The standard InChI is InChI=1S/C19H23N3O3/c1-4-21-10-14(13(3)20-21)11-22(15-8-9-15)18(23)16-6-5-7-17(12(16)2)19(24)25/h5-7,10,15H,4,8-9,11H2,1-3H3,(H,24,25). The molecule has 0 atom stereocenters. The SMILES string of the molecule is CCn1cc(CN(C(=O)c2cccc(C(=O)O)c2C)C2CC2)c(C)n1. The van der Waals surface area contributed by atoms with E-state index in [1.807, 2.05) is 29.6 Å². The van der Waals surface area contributed by atoms with Gasteiger partial charge in [0.25, 0.3) is 5.91 Å². The van der Waals surface area contributed by atoms with Crippen LogP contribution in [0.5, 0.6) is 0 Å². The van der Waals surface area contributed by atoms with Crippen molar-refractivity contribution in [1.82, 2.24) is 14.7 Å².